The summed E-state index contributed by atoms with van der Waals surface area (Å²) in [6.07, 6.45) is -16.9. The van der Waals surface area contributed by atoms with Crippen molar-refractivity contribution >= 4 is 20.1 Å². The molecular weight excluding hydrogens is 1270 g/mol. The molecule has 21 heteroatoms. The van der Waals surface area contributed by atoms with Gasteiger partial charge in [-0.25, -0.2) is 0 Å². The van der Waals surface area contributed by atoms with E-state index in [0.717, 1.165) is 38.9 Å². The van der Waals surface area contributed by atoms with Gasteiger partial charge in [-0.1, -0.05) is 212 Å². The fraction of sp³-hybridized carbons (Fsp3) is 0.429. The van der Waals surface area contributed by atoms with Gasteiger partial charge in [-0.15, -0.1) is 4.52 Å². The largest absolute Gasteiger partial charge is 0.566 e. The molecular formula is C77H94N2O18P+. The van der Waals surface area contributed by atoms with Crippen LogP contribution in [-0.4, -0.2) is 137 Å². The Morgan fingerprint density at radius 1 is 0.418 bits per heavy atom. The minimum absolute atomic E-state index is 0.000524. The van der Waals surface area contributed by atoms with Gasteiger partial charge in [-0.3, -0.25) is 9.59 Å². The number of carbonyl (C=O) groups is 2. The summed E-state index contributed by atoms with van der Waals surface area (Å²) in [5, 5.41) is 3.05. The monoisotopic (exact) mass is 1370 g/mol. The minimum Gasteiger partial charge on any atom is -0.566 e. The van der Waals surface area contributed by atoms with Crippen LogP contribution in [0.2, 0.25) is 0 Å². The highest BCUT2D eigenvalue weighted by Crippen LogP contribution is 2.40. The summed E-state index contributed by atoms with van der Waals surface area (Å²) >= 11 is 0. The Morgan fingerprint density at radius 2 is 0.755 bits per heavy atom. The smallest absolute Gasteiger partial charge is 0.491 e. The zero-order valence-corrected chi connectivity index (χ0v) is 57.5. The van der Waals surface area contributed by atoms with Gasteiger partial charge in [0.1, 0.15) is 61.0 Å². The molecule has 10 rings (SSSR count). The molecule has 2 N–H and O–H groups in total. The molecule has 0 saturated carbocycles. The number of carbonyl (C=O) groups excluding carboxylic acids is 2. The highest BCUT2D eigenvalue weighted by Gasteiger charge is 2.58. The Kier molecular flexibility index (Phi) is 30.9. The van der Waals surface area contributed by atoms with Crippen LogP contribution < -0.4 is 15.1 Å². The lowest BCUT2D eigenvalue weighted by Gasteiger charge is -2.51. The first-order valence-electron chi connectivity index (χ1n) is 33.7. The second kappa shape index (κ2) is 40.3. The van der Waals surface area contributed by atoms with Crippen molar-refractivity contribution in [3.63, 3.8) is 0 Å². The molecule has 98 heavy (non-hydrogen) atoms. The van der Waals surface area contributed by atoms with Crippen LogP contribution in [0.3, 0.4) is 0 Å². The molecule has 0 radical (unpaired) electrons. The minimum atomic E-state index is -3.56. The molecule has 3 saturated heterocycles. The Hall–Kier alpha value is -7.02. The molecule has 3 aliphatic heterocycles. The van der Waals surface area contributed by atoms with E-state index >= 15 is 0 Å². The number of ether oxygens (including phenoxy) is 13. The molecule has 0 aromatic heterocycles. The van der Waals surface area contributed by atoms with Crippen LogP contribution in [0.4, 0.5) is 0 Å². The molecule has 0 spiro atoms. The lowest BCUT2D eigenvalue weighted by atomic mass is 9.94. The van der Waals surface area contributed by atoms with Gasteiger partial charge in [-0.05, 0) is 71.2 Å². The molecule has 0 bridgehead atoms. The number of esters is 1. The zero-order valence-electron chi connectivity index (χ0n) is 56.6. The number of nitrogens with one attached hydrogen (secondary N) is 2. The summed E-state index contributed by atoms with van der Waals surface area (Å²) in [5.74, 6) is -1.09. The first-order chi connectivity index (χ1) is 47.9. The van der Waals surface area contributed by atoms with E-state index in [1.807, 2.05) is 212 Å². The molecule has 3 fully saturated rings. The van der Waals surface area contributed by atoms with Gasteiger partial charge in [0.2, 0.25) is 12.2 Å². The third-order valence-corrected chi connectivity index (χ3v) is 17.5. The van der Waals surface area contributed by atoms with Crippen LogP contribution >= 0.6 is 8.25 Å². The quantitative estimate of drug-likeness (QED) is 0.0283. The normalized spacial score (nSPS) is 25.6. The first kappa shape index (κ1) is 75.2. The molecule has 1 unspecified atom stereocenters. The second-order valence-electron chi connectivity index (χ2n) is 24.2. The van der Waals surface area contributed by atoms with E-state index in [-0.39, 0.29) is 59.5 Å². The van der Waals surface area contributed by atoms with Crippen LogP contribution in [0.1, 0.15) is 80.5 Å². The Bertz CT molecular complexity index is 3370. The maximum absolute atomic E-state index is 13.7. The van der Waals surface area contributed by atoms with Gasteiger partial charge in [0.25, 0.3) is 0 Å². The average Bonchev–Trinajstić information content (AvgIpc) is 0.768. The molecule has 7 aromatic rings. The predicted octanol–water partition coefficient (Wildman–Crippen LogP) is 9.71. The number of hydrogen-bond donors (Lipinski definition) is 2. The van der Waals surface area contributed by atoms with Crippen LogP contribution in [0.5, 0.6) is 0 Å². The summed E-state index contributed by atoms with van der Waals surface area (Å²) in [7, 11) is -3.56. The van der Waals surface area contributed by atoms with Crippen LogP contribution in [0.15, 0.2) is 212 Å². The highest BCUT2D eigenvalue weighted by atomic mass is 31.1. The Morgan fingerprint density at radius 3 is 1.12 bits per heavy atom. The van der Waals surface area contributed by atoms with E-state index in [9.17, 15) is 19.0 Å². The third-order valence-electron chi connectivity index (χ3n) is 17.1. The standard InChI is InChI=1S/C71H78NO18P.C6H15N/c1-48-61(79-41-53-29-15-6-16-30-53)65(81-43-55-33-19-8-20-34-55)68(71(84-48)90-91(75)76)89-70-67(83-45-57-37-23-10-24-38-57)66(82-44-56-35-21-9-22-36-56)63(59(87-70)47-78-40-52-27-13-5-14-28-52)88-69-60(72-49(2)73)64(80-42-54-31-17-7-18-32-54)62(85-50(3)74)58(86-69)46-77-39-51-25-11-4-12-26-51;1-4-7(5-2)6-3/h4-38,48,58-71H,39-47H2,1-3H3,(H,72,73);4-6H2,1-3H3/p+1/t48-,58+,59+,60-,61-,62+,63+,64+,65+,66-,67+,68+,69-,70+,71-;/m0./s1. The number of quaternary nitrogens is 1. The Balaban J connectivity index is 0.00000152. The molecule has 1 amide bonds. The lowest BCUT2D eigenvalue weighted by Crippen LogP contribution is -3.11. The molecule has 20 nitrogen and oxygen atoms in total. The van der Waals surface area contributed by atoms with E-state index in [4.69, 9.17) is 66.1 Å². The summed E-state index contributed by atoms with van der Waals surface area (Å²) < 4.78 is 108. The van der Waals surface area contributed by atoms with E-state index in [0.29, 0.717) is 0 Å². The topological polar surface area (TPSA) is 220 Å². The molecule has 16 atom stereocenters. The maximum Gasteiger partial charge on any atom is 0.491 e. The van der Waals surface area contributed by atoms with Crippen LogP contribution in [0, 0.1) is 0 Å². The number of rotatable bonds is 34. The van der Waals surface area contributed by atoms with Crippen molar-refractivity contribution in [3.8, 4) is 0 Å². The van der Waals surface area contributed by atoms with Crippen LogP contribution in [-0.2, 0) is 127 Å². The summed E-state index contributed by atoms with van der Waals surface area (Å²) in [6, 6.07) is 65.5. The summed E-state index contributed by atoms with van der Waals surface area (Å²) in [6.45, 7) is 15.1. The van der Waals surface area contributed by atoms with Gasteiger partial charge >= 0.3 is 14.2 Å². The molecule has 0 aliphatic carbocycles. The molecule has 524 valence electrons. The van der Waals surface area contributed by atoms with Crippen LogP contribution in [0.25, 0.3) is 0 Å². The van der Waals surface area contributed by atoms with Crippen molar-refractivity contribution in [3.05, 3.63) is 251 Å². The SMILES string of the molecule is CC(=O)N[C@@H]1[C@H](O[C@H]2[C@H](OCc3ccccc3)[C@@H](OCc3ccccc3)[C@@H](O[C@H]3[C@H](O[P+](=O)[O-])O[C@@H](C)[C@H](OCc4ccccc4)[C@H]3OCc3ccccc3)O[C@@H]2COCc2ccccc2)O[C@H](COCc2ccccc2)[C@@H](OC(C)=O)[C@@H]1OCc1ccccc1.CC[NH+](CC)CC. The first-order valence-corrected chi connectivity index (χ1v) is 34.8. The van der Waals surface area contributed by atoms with Gasteiger partial charge in [0.15, 0.2) is 18.7 Å². The molecule has 3 aliphatic rings. The number of amides is 1. The van der Waals surface area contributed by atoms with Crippen molar-refractivity contribution < 1.29 is 90.1 Å². The van der Waals surface area contributed by atoms with Crippen molar-refractivity contribution in [2.24, 2.45) is 0 Å². The second-order valence-corrected chi connectivity index (χ2v) is 24.9. The fourth-order valence-electron chi connectivity index (χ4n) is 12.1. The summed E-state index contributed by atoms with van der Waals surface area (Å²) in [5.41, 5.74) is 5.80. The van der Waals surface area contributed by atoms with Gasteiger partial charge in [0.05, 0.1) is 85.2 Å². The predicted molar refractivity (Wildman–Crippen MR) is 363 cm³/mol. The Labute approximate surface area is 576 Å². The molecule has 3 heterocycles. The lowest BCUT2D eigenvalue weighted by molar-refractivity contribution is -0.894. The van der Waals surface area contributed by atoms with E-state index in [1.165, 1.54) is 33.5 Å². The van der Waals surface area contributed by atoms with Crippen molar-refractivity contribution in [1.82, 2.24) is 5.32 Å². The van der Waals surface area contributed by atoms with Crippen molar-refractivity contribution in [1.29, 1.82) is 0 Å². The average molecular weight is 1370 g/mol. The molecule has 7 aromatic carbocycles. The highest BCUT2D eigenvalue weighted by molar-refractivity contribution is 7.30. The third kappa shape index (κ3) is 23.3. The van der Waals surface area contributed by atoms with E-state index in [2.05, 4.69) is 26.1 Å². The van der Waals surface area contributed by atoms with E-state index < -0.39 is 112 Å². The summed E-state index contributed by atoms with van der Waals surface area (Å²) in [4.78, 5) is 41.5. The zero-order chi connectivity index (χ0) is 68.9. The van der Waals surface area contributed by atoms with Gasteiger partial charge < -0.3 is 76.7 Å². The van der Waals surface area contributed by atoms with E-state index in [1.54, 1.807) is 11.8 Å². The fourth-order valence-corrected chi connectivity index (χ4v) is 12.4. The van der Waals surface area contributed by atoms with Crippen molar-refractivity contribution in [2.75, 3.05) is 32.8 Å². The maximum atomic E-state index is 13.7. The number of benzene rings is 7. The van der Waals surface area contributed by atoms with Gasteiger partial charge in [-0.2, -0.15) is 0 Å². The van der Waals surface area contributed by atoms with Crippen molar-refractivity contribution in [2.45, 2.75) is 180 Å². The number of hydrogen-bond acceptors (Lipinski definition) is 18. The van der Waals surface area contributed by atoms with Gasteiger partial charge in [0, 0.05) is 13.8 Å².